The molecule has 0 bridgehead atoms. The summed E-state index contributed by atoms with van der Waals surface area (Å²) in [5.41, 5.74) is -0.0827. The highest BCUT2D eigenvalue weighted by atomic mass is 35.5. The fourth-order valence-electron chi connectivity index (χ4n) is 3.02. The van der Waals surface area contributed by atoms with E-state index in [1.807, 2.05) is 0 Å². The molecule has 0 spiro atoms. The van der Waals surface area contributed by atoms with Crippen LogP contribution >= 0.6 is 23.2 Å². The van der Waals surface area contributed by atoms with E-state index in [0.29, 0.717) is 35.1 Å². The van der Waals surface area contributed by atoms with E-state index in [0.717, 1.165) is 0 Å². The minimum absolute atomic E-state index is 0.0464. The zero-order valence-electron chi connectivity index (χ0n) is 21.2. The van der Waals surface area contributed by atoms with Crippen LogP contribution in [0.5, 0.6) is 0 Å². The first-order valence-corrected chi connectivity index (χ1v) is 15.0. The Bertz CT molecular complexity index is 777. The number of aliphatic hydroxyl groups excluding tert-OH is 2. The molecule has 0 saturated carbocycles. The Morgan fingerprint density at radius 3 is 2.21 bits per heavy atom. The first-order valence-electron chi connectivity index (χ1n) is 11.4. The maximum Gasteiger partial charge on any atom is 0.410 e. The largest absolute Gasteiger partial charge is 0.444 e. The summed E-state index contributed by atoms with van der Waals surface area (Å²) in [5, 5.41) is 21.5. The Morgan fingerprint density at radius 1 is 1.12 bits per heavy atom. The second-order valence-electron chi connectivity index (χ2n) is 10.8. The van der Waals surface area contributed by atoms with Crippen LogP contribution in [0.4, 0.5) is 4.79 Å². The molecule has 0 aliphatic carbocycles. The molecular formula is C24H41Cl2NO5Si. The molecule has 1 rings (SSSR count). The van der Waals surface area contributed by atoms with Gasteiger partial charge in [-0.05, 0) is 69.4 Å². The molecule has 0 saturated heterocycles. The van der Waals surface area contributed by atoms with E-state index >= 15 is 0 Å². The van der Waals surface area contributed by atoms with E-state index in [1.165, 1.54) is 4.90 Å². The molecule has 1 unspecified atom stereocenters. The number of ether oxygens (including phenoxy) is 1. The Morgan fingerprint density at radius 2 is 1.73 bits per heavy atom. The van der Waals surface area contributed by atoms with Crippen LogP contribution in [-0.2, 0) is 9.16 Å². The molecule has 2 N–H and O–H groups in total. The van der Waals surface area contributed by atoms with Gasteiger partial charge < -0.3 is 19.4 Å². The molecule has 9 heteroatoms. The summed E-state index contributed by atoms with van der Waals surface area (Å²) in [7, 11) is -1.99. The van der Waals surface area contributed by atoms with Crippen molar-refractivity contribution >= 4 is 37.6 Å². The van der Waals surface area contributed by atoms with Gasteiger partial charge >= 0.3 is 6.09 Å². The van der Waals surface area contributed by atoms with Gasteiger partial charge in [0.05, 0.1) is 22.2 Å². The van der Waals surface area contributed by atoms with E-state index < -0.39 is 32.2 Å². The minimum atomic E-state index is -1.99. The van der Waals surface area contributed by atoms with Crippen LogP contribution < -0.4 is 0 Å². The number of amides is 1. The summed E-state index contributed by atoms with van der Waals surface area (Å²) in [6.45, 7) is 16.6. The van der Waals surface area contributed by atoms with Gasteiger partial charge in [0.15, 0.2) is 8.32 Å². The fourth-order valence-corrected chi connectivity index (χ4v) is 4.39. The SMILES string of the molecule is CC(C)(C)OC(=O)N(CCCO)C(c1ccc(Cl)c(Cl)c1)[C@H](O)CCO[Si](C)(C)C(C)(C)C. The van der Waals surface area contributed by atoms with Gasteiger partial charge in [-0.15, -0.1) is 0 Å². The van der Waals surface area contributed by atoms with Gasteiger partial charge in [-0.2, -0.15) is 0 Å². The summed E-state index contributed by atoms with van der Waals surface area (Å²) < 4.78 is 11.9. The van der Waals surface area contributed by atoms with Gasteiger partial charge in [0.2, 0.25) is 0 Å². The molecule has 0 fully saturated rings. The van der Waals surface area contributed by atoms with Crippen LogP contribution in [0.25, 0.3) is 0 Å². The summed E-state index contributed by atoms with van der Waals surface area (Å²) in [4.78, 5) is 14.6. The lowest BCUT2D eigenvalue weighted by Crippen LogP contribution is -2.45. The molecule has 6 nitrogen and oxygen atoms in total. The summed E-state index contributed by atoms with van der Waals surface area (Å²) in [5.74, 6) is 0. The van der Waals surface area contributed by atoms with Crippen LogP contribution in [0.3, 0.4) is 0 Å². The van der Waals surface area contributed by atoms with Crippen molar-refractivity contribution in [2.75, 3.05) is 19.8 Å². The third kappa shape index (κ3) is 9.38. The van der Waals surface area contributed by atoms with Gasteiger partial charge in [-0.3, -0.25) is 4.90 Å². The molecule has 0 aromatic heterocycles. The molecule has 33 heavy (non-hydrogen) atoms. The number of carbonyl (C=O) groups excluding carboxylic acids is 1. The van der Waals surface area contributed by atoms with Crippen LogP contribution in [0, 0.1) is 0 Å². The summed E-state index contributed by atoms with van der Waals surface area (Å²) in [6.07, 6.45) is -0.866. The Balaban J connectivity index is 3.27. The molecule has 0 aliphatic rings. The minimum Gasteiger partial charge on any atom is -0.444 e. The quantitative estimate of drug-likeness (QED) is 0.347. The molecule has 0 heterocycles. The first-order chi connectivity index (χ1) is 15.0. The maximum absolute atomic E-state index is 13.1. The van der Waals surface area contributed by atoms with Crippen LogP contribution in [0.2, 0.25) is 28.2 Å². The maximum atomic E-state index is 13.1. The Labute approximate surface area is 210 Å². The number of hydrogen-bond acceptors (Lipinski definition) is 5. The monoisotopic (exact) mass is 521 g/mol. The number of nitrogens with zero attached hydrogens (tertiary/aromatic N) is 1. The first kappa shape index (κ1) is 30.2. The van der Waals surface area contributed by atoms with E-state index in [1.54, 1.807) is 39.0 Å². The summed E-state index contributed by atoms with van der Waals surface area (Å²) in [6, 6.07) is 4.30. The lowest BCUT2D eigenvalue weighted by molar-refractivity contribution is -0.0124. The zero-order chi connectivity index (χ0) is 25.6. The molecule has 0 radical (unpaired) electrons. The van der Waals surface area contributed by atoms with Gasteiger partial charge in [0.25, 0.3) is 0 Å². The van der Waals surface area contributed by atoms with E-state index in [4.69, 9.17) is 32.4 Å². The predicted molar refractivity (Wildman–Crippen MR) is 138 cm³/mol. The Hall–Kier alpha value is -0.833. The van der Waals surface area contributed by atoms with Crippen molar-refractivity contribution in [2.24, 2.45) is 0 Å². The van der Waals surface area contributed by atoms with Crippen LogP contribution in [-0.4, -0.2) is 61.0 Å². The molecule has 1 aromatic carbocycles. The summed E-state index contributed by atoms with van der Waals surface area (Å²) >= 11 is 12.4. The van der Waals surface area contributed by atoms with Crippen LogP contribution in [0.15, 0.2) is 18.2 Å². The van der Waals surface area contributed by atoms with Crippen molar-refractivity contribution in [3.8, 4) is 0 Å². The average molecular weight is 523 g/mol. The van der Waals surface area contributed by atoms with Crippen molar-refractivity contribution in [1.82, 2.24) is 4.90 Å². The van der Waals surface area contributed by atoms with E-state index in [9.17, 15) is 15.0 Å². The molecule has 1 amide bonds. The van der Waals surface area contributed by atoms with Crippen molar-refractivity contribution in [3.05, 3.63) is 33.8 Å². The van der Waals surface area contributed by atoms with Gasteiger partial charge in [-0.25, -0.2) is 4.79 Å². The average Bonchev–Trinajstić information content (AvgIpc) is 2.64. The highest BCUT2D eigenvalue weighted by Gasteiger charge is 2.38. The Kier molecular flexibility index (Phi) is 11.2. The number of halogens is 2. The zero-order valence-corrected chi connectivity index (χ0v) is 23.8. The highest BCUT2D eigenvalue weighted by molar-refractivity contribution is 6.74. The van der Waals surface area contributed by atoms with Crippen molar-refractivity contribution < 1.29 is 24.2 Å². The van der Waals surface area contributed by atoms with E-state index in [2.05, 4.69) is 33.9 Å². The van der Waals surface area contributed by atoms with Gasteiger partial charge in [0, 0.05) is 19.8 Å². The van der Waals surface area contributed by atoms with Gasteiger partial charge in [0.1, 0.15) is 5.60 Å². The van der Waals surface area contributed by atoms with Crippen molar-refractivity contribution in [2.45, 2.75) is 90.3 Å². The van der Waals surface area contributed by atoms with Gasteiger partial charge in [-0.1, -0.05) is 50.0 Å². The highest BCUT2D eigenvalue weighted by Crippen LogP contribution is 2.37. The second-order valence-corrected chi connectivity index (χ2v) is 16.5. The second kappa shape index (κ2) is 12.2. The lowest BCUT2D eigenvalue weighted by Gasteiger charge is -2.38. The van der Waals surface area contributed by atoms with E-state index in [-0.39, 0.29) is 18.2 Å². The molecule has 0 aliphatic heterocycles. The molecule has 190 valence electrons. The standard InChI is InChI=1S/C24H41Cl2NO5Si/c1-23(2,3)32-22(30)27(13-9-14-28)21(17-10-11-18(25)19(26)16-17)20(29)12-15-31-33(7,8)24(4,5)6/h10-11,16,20-21,28-29H,9,12-15H2,1-8H3/t20-,21?/m1/s1. The normalized spacial score (nSPS) is 14.7. The predicted octanol–water partition coefficient (Wildman–Crippen LogP) is 6.43. The third-order valence-corrected chi connectivity index (χ3v) is 11.1. The number of hydrogen-bond donors (Lipinski definition) is 2. The fraction of sp³-hybridized carbons (Fsp3) is 0.708. The lowest BCUT2D eigenvalue weighted by atomic mass is 9.97. The number of benzene rings is 1. The number of rotatable bonds is 10. The van der Waals surface area contributed by atoms with Crippen molar-refractivity contribution in [1.29, 1.82) is 0 Å². The van der Waals surface area contributed by atoms with Crippen molar-refractivity contribution in [3.63, 3.8) is 0 Å². The molecule has 2 atom stereocenters. The topological polar surface area (TPSA) is 79.2 Å². The van der Waals surface area contributed by atoms with Crippen LogP contribution in [0.1, 0.15) is 66.0 Å². The number of aliphatic hydroxyl groups is 2. The molecule has 1 aromatic rings. The molecular weight excluding hydrogens is 481 g/mol. The smallest absolute Gasteiger partial charge is 0.410 e. The number of carbonyl (C=O) groups is 1. The third-order valence-electron chi connectivity index (χ3n) is 5.85.